The molecule has 0 aliphatic rings. The first-order chi connectivity index (χ1) is 6.68. The van der Waals surface area contributed by atoms with E-state index >= 15 is 0 Å². The maximum absolute atomic E-state index is 5.79. The van der Waals surface area contributed by atoms with Crippen LogP contribution in [-0.2, 0) is 0 Å². The van der Waals surface area contributed by atoms with E-state index in [9.17, 15) is 0 Å². The Labute approximate surface area is 96.1 Å². The van der Waals surface area contributed by atoms with Crippen LogP contribution in [0.25, 0.3) is 5.69 Å². The number of anilines is 1. The van der Waals surface area contributed by atoms with Gasteiger partial charge in [-0.1, -0.05) is 12.1 Å². The lowest BCUT2D eigenvalue weighted by molar-refractivity contribution is 1.07. The number of aryl methyl sites for hydroxylation is 1. The highest BCUT2D eigenvalue weighted by Crippen LogP contribution is 2.19. The molecule has 0 bridgehead atoms. The number of hydrogen-bond donors (Lipinski definition) is 1. The van der Waals surface area contributed by atoms with Gasteiger partial charge in [0.2, 0.25) is 5.95 Å². The highest BCUT2D eigenvalue weighted by atomic mass is 127. The minimum Gasteiger partial charge on any atom is -0.369 e. The maximum atomic E-state index is 5.79. The SMILES string of the molecule is Cc1cn(-c2ccccc2I)c(N)n1. The van der Waals surface area contributed by atoms with Gasteiger partial charge in [0.05, 0.1) is 11.4 Å². The van der Waals surface area contributed by atoms with Crippen LogP contribution in [0.3, 0.4) is 0 Å². The highest BCUT2D eigenvalue weighted by molar-refractivity contribution is 14.1. The molecule has 14 heavy (non-hydrogen) atoms. The first-order valence-electron chi connectivity index (χ1n) is 4.25. The Bertz CT molecular complexity index is 462. The van der Waals surface area contributed by atoms with Crippen LogP contribution in [0, 0.1) is 10.5 Å². The molecule has 1 aromatic heterocycles. The van der Waals surface area contributed by atoms with Crippen molar-refractivity contribution in [3.63, 3.8) is 0 Å². The first kappa shape index (κ1) is 9.51. The Morgan fingerprint density at radius 3 is 2.64 bits per heavy atom. The molecule has 3 nitrogen and oxygen atoms in total. The second-order valence-corrected chi connectivity index (χ2v) is 4.22. The van der Waals surface area contributed by atoms with Crippen LogP contribution in [0.15, 0.2) is 30.5 Å². The Morgan fingerprint density at radius 2 is 2.07 bits per heavy atom. The molecule has 0 spiro atoms. The fourth-order valence-corrected chi connectivity index (χ4v) is 2.00. The van der Waals surface area contributed by atoms with E-state index < -0.39 is 0 Å². The van der Waals surface area contributed by atoms with E-state index in [1.165, 1.54) is 0 Å². The van der Waals surface area contributed by atoms with Gasteiger partial charge in [0, 0.05) is 9.77 Å². The van der Waals surface area contributed by atoms with E-state index in [4.69, 9.17) is 5.73 Å². The van der Waals surface area contributed by atoms with Crippen molar-refractivity contribution in [2.75, 3.05) is 5.73 Å². The molecule has 72 valence electrons. The second-order valence-electron chi connectivity index (χ2n) is 3.06. The number of nitrogen functional groups attached to an aromatic ring is 1. The lowest BCUT2D eigenvalue weighted by Gasteiger charge is -2.05. The lowest BCUT2D eigenvalue weighted by atomic mass is 10.3. The average molecular weight is 299 g/mol. The highest BCUT2D eigenvalue weighted by Gasteiger charge is 2.05. The smallest absolute Gasteiger partial charge is 0.205 e. The van der Waals surface area contributed by atoms with E-state index in [1.807, 2.05) is 42.0 Å². The second kappa shape index (κ2) is 3.61. The molecule has 0 aliphatic carbocycles. The quantitative estimate of drug-likeness (QED) is 0.822. The Kier molecular flexibility index (Phi) is 2.45. The third-order valence-corrected chi connectivity index (χ3v) is 2.88. The standard InChI is InChI=1S/C10H10IN3/c1-7-6-14(10(12)13-7)9-5-3-2-4-8(9)11/h2-6H,1H3,(H2,12,13). The van der Waals surface area contributed by atoms with Crippen molar-refractivity contribution in [3.05, 3.63) is 39.7 Å². The molecule has 1 aromatic carbocycles. The number of nitrogens with two attached hydrogens (primary N) is 1. The normalized spacial score (nSPS) is 10.4. The average Bonchev–Trinajstić information content (AvgIpc) is 2.46. The molecule has 0 radical (unpaired) electrons. The molecule has 0 fully saturated rings. The zero-order valence-electron chi connectivity index (χ0n) is 7.74. The summed E-state index contributed by atoms with van der Waals surface area (Å²) in [6.07, 6.45) is 1.94. The van der Waals surface area contributed by atoms with E-state index in [1.54, 1.807) is 0 Å². The van der Waals surface area contributed by atoms with Gasteiger partial charge in [-0.3, -0.25) is 4.57 Å². The number of halogens is 1. The Balaban J connectivity index is 2.60. The summed E-state index contributed by atoms with van der Waals surface area (Å²) in [6.45, 7) is 1.93. The van der Waals surface area contributed by atoms with Gasteiger partial charge in [0.25, 0.3) is 0 Å². The zero-order valence-corrected chi connectivity index (χ0v) is 9.89. The topological polar surface area (TPSA) is 43.8 Å². The fraction of sp³-hybridized carbons (Fsp3) is 0.100. The van der Waals surface area contributed by atoms with Crippen LogP contribution < -0.4 is 5.73 Å². The lowest BCUT2D eigenvalue weighted by Crippen LogP contribution is -2.00. The molecular formula is C10H10IN3. The molecule has 2 N–H and O–H groups in total. The summed E-state index contributed by atoms with van der Waals surface area (Å²) in [5.41, 5.74) is 7.80. The summed E-state index contributed by atoms with van der Waals surface area (Å²) >= 11 is 2.29. The van der Waals surface area contributed by atoms with Gasteiger partial charge in [-0.25, -0.2) is 4.98 Å². The van der Waals surface area contributed by atoms with Crippen molar-refractivity contribution < 1.29 is 0 Å². The fourth-order valence-electron chi connectivity index (χ4n) is 1.36. The summed E-state index contributed by atoms with van der Waals surface area (Å²) < 4.78 is 3.06. The molecule has 2 aromatic rings. The van der Waals surface area contributed by atoms with Crippen LogP contribution in [0.5, 0.6) is 0 Å². The summed E-state index contributed by atoms with van der Waals surface area (Å²) in [7, 11) is 0. The summed E-state index contributed by atoms with van der Waals surface area (Å²) in [6, 6.07) is 8.07. The van der Waals surface area contributed by atoms with Crippen LogP contribution in [-0.4, -0.2) is 9.55 Å². The number of nitrogens with zero attached hydrogens (tertiary/aromatic N) is 2. The summed E-state index contributed by atoms with van der Waals surface area (Å²) in [5, 5.41) is 0. The van der Waals surface area contributed by atoms with Crippen molar-refractivity contribution in [1.29, 1.82) is 0 Å². The molecule has 0 saturated carbocycles. The molecule has 0 aliphatic heterocycles. The minimum absolute atomic E-state index is 0.534. The van der Waals surface area contributed by atoms with Gasteiger partial charge >= 0.3 is 0 Å². The van der Waals surface area contributed by atoms with Gasteiger partial charge in [-0.15, -0.1) is 0 Å². The molecule has 1 heterocycles. The van der Waals surface area contributed by atoms with Crippen LogP contribution >= 0.6 is 22.6 Å². The summed E-state index contributed by atoms with van der Waals surface area (Å²) in [4.78, 5) is 4.17. The number of aromatic nitrogens is 2. The van der Waals surface area contributed by atoms with Gasteiger partial charge < -0.3 is 5.73 Å². The van der Waals surface area contributed by atoms with Gasteiger partial charge in [-0.05, 0) is 41.6 Å². The third-order valence-electron chi connectivity index (χ3n) is 1.97. The number of benzene rings is 1. The molecular weight excluding hydrogens is 289 g/mol. The number of rotatable bonds is 1. The van der Waals surface area contributed by atoms with Crippen LogP contribution in [0.1, 0.15) is 5.69 Å². The minimum atomic E-state index is 0.534. The molecule has 0 atom stereocenters. The molecule has 2 rings (SSSR count). The van der Waals surface area contributed by atoms with E-state index in [-0.39, 0.29) is 0 Å². The molecule has 4 heteroatoms. The van der Waals surface area contributed by atoms with Crippen LogP contribution in [0.4, 0.5) is 5.95 Å². The molecule has 0 saturated heterocycles. The van der Waals surface area contributed by atoms with Crippen LogP contribution in [0.2, 0.25) is 0 Å². The van der Waals surface area contributed by atoms with E-state index in [0.29, 0.717) is 5.95 Å². The maximum Gasteiger partial charge on any atom is 0.205 e. The van der Waals surface area contributed by atoms with Crippen molar-refractivity contribution in [1.82, 2.24) is 9.55 Å². The van der Waals surface area contributed by atoms with Crippen molar-refractivity contribution in [3.8, 4) is 5.69 Å². The van der Waals surface area contributed by atoms with Gasteiger partial charge in [0.15, 0.2) is 0 Å². The van der Waals surface area contributed by atoms with Gasteiger partial charge in [0.1, 0.15) is 0 Å². The summed E-state index contributed by atoms with van der Waals surface area (Å²) in [5.74, 6) is 0.534. The molecule has 0 amide bonds. The van der Waals surface area contributed by atoms with Crippen molar-refractivity contribution in [2.24, 2.45) is 0 Å². The first-order valence-corrected chi connectivity index (χ1v) is 5.33. The molecule has 0 unspecified atom stereocenters. The van der Waals surface area contributed by atoms with Crippen molar-refractivity contribution >= 4 is 28.5 Å². The van der Waals surface area contributed by atoms with Crippen molar-refractivity contribution in [2.45, 2.75) is 6.92 Å². The van der Waals surface area contributed by atoms with E-state index in [0.717, 1.165) is 15.0 Å². The predicted molar refractivity (Wildman–Crippen MR) is 65.4 cm³/mol. The number of para-hydroxylation sites is 1. The zero-order chi connectivity index (χ0) is 10.1. The monoisotopic (exact) mass is 299 g/mol. The number of imidazole rings is 1. The number of hydrogen-bond acceptors (Lipinski definition) is 2. The predicted octanol–water partition coefficient (Wildman–Crippen LogP) is 2.37. The van der Waals surface area contributed by atoms with Gasteiger partial charge in [-0.2, -0.15) is 0 Å². The van der Waals surface area contributed by atoms with E-state index in [2.05, 4.69) is 27.6 Å². The largest absolute Gasteiger partial charge is 0.369 e. The Hall–Kier alpha value is -1.04. The Morgan fingerprint density at radius 1 is 1.36 bits per heavy atom. The third kappa shape index (κ3) is 1.61.